The number of quaternary nitrogens is 1. The molecule has 3 fully saturated rings. The molecule has 188 valence electrons. The summed E-state index contributed by atoms with van der Waals surface area (Å²) >= 11 is 0. The van der Waals surface area contributed by atoms with Crippen LogP contribution in [-0.4, -0.2) is 46.6 Å². The molecule has 3 aromatic rings. The fourth-order valence-corrected chi connectivity index (χ4v) is 7.54. The summed E-state index contributed by atoms with van der Waals surface area (Å²) in [6.07, 6.45) is 4.78. The zero-order valence-electron chi connectivity index (χ0n) is 21.0. The lowest BCUT2D eigenvalue weighted by Gasteiger charge is -2.43. The molecule has 7 rings (SSSR count). The first-order valence-electron chi connectivity index (χ1n) is 13.0. The Labute approximate surface area is 215 Å². The first-order valence-corrected chi connectivity index (χ1v) is 13.0. The number of carbonyl (C=O) groups excluding carboxylic acids is 3. The van der Waals surface area contributed by atoms with E-state index < -0.39 is 6.04 Å². The van der Waals surface area contributed by atoms with Gasteiger partial charge >= 0.3 is 5.91 Å². The minimum Gasteiger partial charge on any atom is -0.349 e. The summed E-state index contributed by atoms with van der Waals surface area (Å²) in [6.45, 7) is 0. The van der Waals surface area contributed by atoms with E-state index in [1.165, 1.54) is 15.8 Å². The highest BCUT2D eigenvalue weighted by Crippen LogP contribution is 2.70. The molecule has 2 N–H and O–H groups in total. The number of likely N-dealkylation sites (tertiary alicyclic amines) is 1. The smallest absolute Gasteiger partial charge is 0.341 e. The van der Waals surface area contributed by atoms with Crippen LogP contribution < -0.4 is 15.1 Å². The van der Waals surface area contributed by atoms with Crippen molar-refractivity contribution >= 4 is 23.4 Å². The van der Waals surface area contributed by atoms with Crippen molar-refractivity contribution in [2.75, 3.05) is 7.05 Å². The Morgan fingerprint density at radius 1 is 1.14 bits per heavy atom. The van der Waals surface area contributed by atoms with Gasteiger partial charge in [-0.25, -0.2) is 9.28 Å². The molecule has 1 spiro atoms. The maximum absolute atomic E-state index is 14.5. The number of aryl methyl sites for hydroxylation is 1. The van der Waals surface area contributed by atoms with Gasteiger partial charge in [-0.2, -0.15) is 5.10 Å². The molecule has 2 saturated heterocycles. The number of hydrogen-bond acceptors (Lipinski definition) is 4. The molecule has 3 amide bonds. The van der Waals surface area contributed by atoms with Crippen LogP contribution in [0.1, 0.15) is 58.4 Å². The van der Waals surface area contributed by atoms with Gasteiger partial charge in [0.15, 0.2) is 6.04 Å². The van der Waals surface area contributed by atoms with Crippen LogP contribution in [0.4, 0.5) is 5.69 Å². The number of nitrogens with one attached hydrogen (secondary N) is 2. The van der Waals surface area contributed by atoms with Crippen molar-refractivity contribution in [1.29, 1.82) is 0 Å². The summed E-state index contributed by atoms with van der Waals surface area (Å²) in [5.74, 6) is -0.233. The van der Waals surface area contributed by atoms with Crippen LogP contribution in [0.15, 0.2) is 60.8 Å². The summed E-state index contributed by atoms with van der Waals surface area (Å²) in [5.41, 5.74) is 4.82. The maximum atomic E-state index is 14.5. The molecule has 0 radical (unpaired) electrons. The number of aromatic nitrogens is 2. The van der Waals surface area contributed by atoms with E-state index in [1.54, 1.807) is 19.3 Å². The van der Waals surface area contributed by atoms with E-state index in [4.69, 9.17) is 0 Å². The van der Waals surface area contributed by atoms with Crippen LogP contribution in [0.3, 0.4) is 0 Å². The number of carbonyl (C=O) groups is 3. The first kappa shape index (κ1) is 22.4. The lowest BCUT2D eigenvalue weighted by molar-refractivity contribution is -0.136. The van der Waals surface area contributed by atoms with Crippen LogP contribution >= 0.6 is 0 Å². The Kier molecular flexibility index (Phi) is 4.61. The van der Waals surface area contributed by atoms with E-state index in [1.807, 2.05) is 37.4 Å². The first-order chi connectivity index (χ1) is 17.8. The van der Waals surface area contributed by atoms with Crippen molar-refractivity contribution in [3.05, 3.63) is 83.2 Å². The second kappa shape index (κ2) is 7.61. The SMILES string of the molecule is Cn1nccc1C(=O)N[C@@H]1C(=O)[N+](C)(c2ccc(C3CCC(=O)N3)cc2)C2CC23Cc2ccccc2C13. The second-order valence-electron chi connectivity index (χ2n) is 11.3. The Morgan fingerprint density at radius 2 is 1.92 bits per heavy atom. The van der Waals surface area contributed by atoms with E-state index in [0.29, 0.717) is 12.1 Å². The summed E-state index contributed by atoms with van der Waals surface area (Å²) in [4.78, 5) is 39.6. The minimum absolute atomic E-state index is 0.0114. The lowest BCUT2D eigenvalue weighted by Crippen LogP contribution is -2.67. The lowest BCUT2D eigenvalue weighted by atomic mass is 9.78. The normalized spacial score (nSPS) is 33.4. The fraction of sp³-hybridized carbons (Fsp3) is 0.379. The second-order valence-corrected chi connectivity index (χ2v) is 11.3. The van der Waals surface area contributed by atoms with Crippen LogP contribution in [0.5, 0.6) is 0 Å². The summed E-state index contributed by atoms with van der Waals surface area (Å²) < 4.78 is 1.70. The predicted octanol–water partition coefficient (Wildman–Crippen LogP) is 2.75. The highest BCUT2D eigenvalue weighted by Gasteiger charge is 2.78. The monoisotopic (exact) mass is 496 g/mol. The van der Waals surface area contributed by atoms with Gasteiger partial charge in [0, 0.05) is 37.4 Å². The minimum atomic E-state index is -0.649. The van der Waals surface area contributed by atoms with Gasteiger partial charge in [-0.15, -0.1) is 0 Å². The van der Waals surface area contributed by atoms with Crippen LogP contribution in [0.25, 0.3) is 0 Å². The zero-order valence-corrected chi connectivity index (χ0v) is 21.0. The van der Waals surface area contributed by atoms with Crippen molar-refractivity contribution in [1.82, 2.24) is 24.9 Å². The highest BCUT2D eigenvalue weighted by molar-refractivity contribution is 6.02. The molecule has 1 aromatic heterocycles. The third-order valence-electron chi connectivity index (χ3n) is 9.45. The molecule has 4 aliphatic rings. The number of hydrogen-bond donors (Lipinski definition) is 2. The van der Waals surface area contributed by atoms with Gasteiger partial charge in [0.1, 0.15) is 17.4 Å². The standard InChI is InChI=1S/C29H29N5O3/c1-33-22(13-14-30-33)27(36)32-26-25-20-6-4-3-5-18(20)15-29(25)16-23(29)34(2,28(26)37)19-9-7-17(8-10-19)21-11-12-24(35)31-21/h3-10,13-14,21,23,25-26H,11-12,15-16H2,1-2H3,(H-,31,32,35,36)/p+1/t21?,23?,25?,26-,29?,34?/m0/s1. The van der Waals surface area contributed by atoms with Gasteiger partial charge < -0.3 is 10.6 Å². The quantitative estimate of drug-likeness (QED) is 0.544. The van der Waals surface area contributed by atoms with Gasteiger partial charge in [0.2, 0.25) is 5.91 Å². The van der Waals surface area contributed by atoms with Crippen LogP contribution in [0.2, 0.25) is 0 Å². The van der Waals surface area contributed by atoms with Crippen LogP contribution in [-0.2, 0) is 23.1 Å². The van der Waals surface area contributed by atoms with E-state index in [0.717, 1.165) is 30.5 Å². The summed E-state index contributed by atoms with van der Waals surface area (Å²) in [6, 6.07) is 17.7. The van der Waals surface area contributed by atoms with Gasteiger partial charge in [-0.05, 0) is 47.7 Å². The molecule has 37 heavy (non-hydrogen) atoms. The van der Waals surface area contributed by atoms with Crippen molar-refractivity contribution in [2.45, 2.75) is 49.7 Å². The molecule has 6 atom stereocenters. The number of rotatable bonds is 4. The molecule has 0 bridgehead atoms. The molecule has 2 aromatic carbocycles. The van der Waals surface area contributed by atoms with Crippen molar-refractivity contribution in [3.8, 4) is 0 Å². The van der Waals surface area contributed by atoms with Gasteiger partial charge in [-0.1, -0.05) is 36.4 Å². The Balaban J connectivity index is 1.28. The van der Waals surface area contributed by atoms with E-state index in [9.17, 15) is 14.4 Å². The van der Waals surface area contributed by atoms with Crippen molar-refractivity contribution in [3.63, 3.8) is 0 Å². The van der Waals surface area contributed by atoms with E-state index in [-0.39, 0.29) is 45.6 Å². The third kappa shape index (κ3) is 3.05. The summed E-state index contributed by atoms with van der Waals surface area (Å²) in [7, 11) is 3.74. The predicted molar refractivity (Wildman–Crippen MR) is 137 cm³/mol. The van der Waals surface area contributed by atoms with Gasteiger partial charge in [0.25, 0.3) is 5.91 Å². The Bertz CT molecular complexity index is 1460. The van der Waals surface area contributed by atoms with Crippen molar-refractivity contribution in [2.24, 2.45) is 12.5 Å². The van der Waals surface area contributed by atoms with Gasteiger partial charge in [0.05, 0.1) is 13.1 Å². The Hall–Kier alpha value is -3.78. The number of benzene rings is 2. The molecule has 2 aliphatic heterocycles. The van der Waals surface area contributed by atoms with Crippen molar-refractivity contribution < 1.29 is 14.4 Å². The van der Waals surface area contributed by atoms with Crippen LogP contribution in [0, 0.1) is 5.41 Å². The molecular weight excluding hydrogens is 466 g/mol. The largest absolute Gasteiger partial charge is 0.349 e. The fourth-order valence-electron chi connectivity index (χ4n) is 7.54. The number of fused-ring (bicyclic) bond motifs is 2. The molecule has 3 heterocycles. The highest BCUT2D eigenvalue weighted by atomic mass is 16.2. The molecule has 8 heteroatoms. The van der Waals surface area contributed by atoms with E-state index in [2.05, 4.69) is 33.9 Å². The average Bonchev–Trinajstić information content (AvgIpc) is 3.17. The molecule has 1 saturated carbocycles. The number of likely N-dealkylation sites (N-methyl/N-ethyl adjacent to an activating group) is 1. The number of amides is 3. The summed E-state index contributed by atoms with van der Waals surface area (Å²) in [5, 5.41) is 10.3. The molecular formula is C29H30N5O3+. The molecule has 2 aliphatic carbocycles. The molecule has 8 nitrogen and oxygen atoms in total. The van der Waals surface area contributed by atoms with Gasteiger partial charge in [-0.3, -0.25) is 14.3 Å². The number of piperidine rings is 1. The van der Waals surface area contributed by atoms with E-state index >= 15 is 0 Å². The number of nitrogens with zero attached hydrogens (tertiary/aromatic N) is 3. The molecule has 5 unspecified atom stereocenters. The maximum Gasteiger partial charge on any atom is 0.341 e. The third-order valence-corrected chi connectivity index (χ3v) is 9.45. The topological polar surface area (TPSA) is 93.1 Å². The Morgan fingerprint density at radius 3 is 2.62 bits per heavy atom. The average molecular weight is 497 g/mol. The zero-order chi connectivity index (χ0) is 25.5.